The number of aromatic nitrogens is 6. The number of benzene rings is 2. The molecule has 9 heteroatoms. The summed E-state index contributed by atoms with van der Waals surface area (Å²) >= 11 is 5.87. The lowest BCUT2D eigenvalue weighted by atomic mass is 10.1. The highest BCUT2D eigenvalue weighted by Crippen LogP contribution is 2.17. The van der Waals surface area contributed by atoms with Gasteiger partial charge in [0.15, 0.2) is 0 Å². The lowest BCUT2D eigenvalue weighted by Crippen LogP contribution is -2.01. The molecule has 2 aromatic carbocycles. The molecule has 0 bridgehead atoms. The standard InChI is InChI=1S/C19H16ClN7O/c20-16-5-7-17(8-6-16)28-11-15-3-1-14(2-4-15)9-22-19-24-18(25-26-19)10-27-13-21-12-23-27/h1-9,12-13H,10-11H2,(H,24,25,26). The third-order valence-electron chi connectivity index (χ3n) is 3.83. The maximum atomic E-state index is 5.87. The second-order valence-electron chi connectivity index (χ2n) is 5.92. The summed E-state index contributed by atoms with van der Waals surface area (Å²) < 4.78 is 7.39. The maximum absolute atomic E-state index is 5.87. The molecule has 8 nitrogen and oxygen atoms in total. The van der Waals surface area contributed by atoms with Crippen LogP contribution in [0.2, 0.25) is 5.02 Å². The van der Waals surface area contributed by atoms with Crippen molar-refractivity contribution in [2.24, 2.45) is 4.99 Å². The van der Waals surface area contributed by atoms with Crippen LogP contribution in [-0.2, 0) is 13.2 Å². The maximum Gasteiger partial charge on any atom is 0.268 e. The quantitative estimate of drug-likeness (QED) is 0.485. The lowest BCUT2D eigenvalue weighted by Gasteiger charge is -2.06. The Bertz CT molecular complexity index is 1040. The van der Waals surface area contributed by atoms with Crippen molar-refractivity contribution in [2.45, 2.75) is 13.2 Å². The van der Waals surface area contributed by atoms with Crippen molar-refractivity contribution in [1.82, 2.24) is 29.9 Å². The van der Waals surface area contributed by atoms with Gasteiger partial charge in [-0.25, -0.2) is 14.7 Å². The molecule has 1 N–H and O–H groups in total. The van der Waals surface area contributed by atoms with Gasteiger partial charge < -0.3 is 4.74 Å². The van der Waals surface area contributed by atoms with Crippen molar-refractivity contribution in [2.75, 3.05) is 0 Å². The molecule has 0 saturated heterocycles. The first-order valence-electron chi connectivity index (χ1n) is 8.50. The molecule has 0 aliphatic rings. The predicted molar refractivity (Wildman–Crippen MR) is 105 cm³/mol. The average Bonchev–Trinajstić information content (AvgIpc) is 3.39. The van der Waals surface area contributed by atoms with Crippen molar-refractivity contribution in [1.29, 1.82) is 0 Å². The Kier molecular flexibility index (Phi) is 5.39. The van der Waals surface area contributed by atoms with Crippen LogP contribution in [0.15, 0.2) is 66.2 Å². The van der Waals surface area contributed by atoms with Crippen molar-refractivity contribution >= 4 is 23.8 Å². The van der Waals surface area contributed by atoms with Gasteiger partial charge in [0.1, 0.15) is 37.4 Å². The van der Waals surface area contributed by atoms with Crippen LogP contribution in [0.3, 0.4) is 0 Å². The van der Waals surface area contributed by atoms with Crippen molar-refractivity contribution in [3.8, 4) is 5.75 Å². The van der Waals surface area contributed by atoms with E-state index < -0.39 is 0 Å². The molecule has 28 heavy (non-hydrogen) atoms. The summed E-state index contributed by atoms with van der Waals surface area (Å²) in [4.78, 5) is 12.5. The molecule has 4 aromatic rings. The highest BCUT2D eigenvalue weighted by Gasteiger charge is 2.03. The number of aliphatic imine (C=N–C) groups is 1. The first kappa shape index (κ1) is 17.9. The molecule has 0 spiro atoms. The molecule has 0 radical (unpaired) electrons. The highest BCUT2D eigenvalue weighted by atomic mass is 35.5. The summed E-state index contributed by atoms with van der Waals surface area (Å²) in [6.07, 6.45) is 4.80. The van der Waals surface area contributed by atoms with E-state index in [4.69, 9.17) is 16.3 Å². The van der Waals surface area contributed by atoms with Crippen LogP contribution in [0.25, 0.3) is 0 Å². The highest BCUT2D eigenvalue weighted by molar-refractivity contribution is 6.30. The summed E-state index contributed by atoms with van der Waals surface area (Å²) in [7, 11) is 0. The fraction of sp³-hybridized carbons (Fsp3) is 0.105. The van der Waals surface area contributed by atoms with Crippen LogP contribution < -0.4 is 4.74 Å². The third kappa shape index (κ3) is 4.80. The Hall–Kier alpha value is -3.52. The molecule has 0 unspecified atom stereocenters. The van der Waals surface area contributed by atoms with E-state index in [1.807, 2.05) is 36.4 Å². The zero-order valence-electron chi connectivity index (χ0n) is 14.7. The molecule has 2 aromatic heterocycles. The number of halogens is 1. The molecule has 0 atom stereocenters. The molecule has 0 aliphatic carbocycles. The van der Waals surface area contributed by atoms with Gasteiger partial charge in [0.05, 0.1) is 0 Å². The molecule has 140 valence electrons. The summed E-state index contributed by atoms with van der Waals surface area (Å²) in [5.41, 5.74) is 2.00. The Labute approximate surface area is 165 Å². The van der Waals surface area contributed by atoms with Gasteiger partial charge in [-0.3, -0.25) is 5.10 Å². The number of nitrogens with one attached hydrogen (secondary N) is 1. The Morgan fingerprint density at radius 3 is 2.68 bits per heavy atom. The molecule has 4 rings (SSSR count). The fourth-order valence-corrected chi connectivity index (χ4v) is 2.54. The average molecular weight is 394 g/mol. The molecule has 0 amide bonds. The number of H-pyrrole nitrogens is 1. The Balaban J connectivity index is 1.32. The minimum absolute atomic E-state index is 0.366. The van der Waals surface area contributed by atoms with E-state index >= 15 is 0 Å². The Morgan fingerprint density at radius 1 is 1.11 bits per heavy atom. The zero-order valence-corrected chi connectivity index (χ0v) is 15.5. The summed E-state index contributed by atoms with van der Waals surface area (Å²) in [5.74, 6) is 1.80. The van der Waals surface area contributed by atoms with E-state index in [1.54, 1.807) is 29.4 Å². The van der Waals surface area contributed by atoms with Gasteiger partial charge in [-0.05, 0) is 35.4 Å². The molecular formula is C19H16ClN7O. The molecule has 0 aliphatic heterocycles. The van der Waals surface area contributed by atoms with Crippen LogP contribution in [0.4, 0.5) is 5.95 Å². The minimum atomic E-state index is 0.366. The van der Waals surface area contributed by atoms with Crippen LogP contribution in [0, 0.1) is 0 Å². The molecule has 0 fully saturated rings. The van der Waals surface area contributed by atoms with Gasteiger partial charge >= 0.3 is 0 Å². The number of aromatic amines is 1. The minimum Gasteiger partial charge on any atom is -0.489 e. The van der Waals surface area contributed by atoms with Crippen LogP contribution >= 0.6 is 11.6 Å². The van der Waals surface area contributed by atoms with Crippen molar-refractivity contribution in [3.05, 3.63) is 83.2 Å². The monoisotopic (exact) mass is 393 g/mol. The predicted octanol–water partition coefficient (Wildman–Crippen LogP) is 3.43. The number of hydrogen-bond acceptors (Lipinski definition) is 6. The topological polar surface area (TPSA) is 93.9 Å². The van der Waals surface area contributed by atoms with Crippen molar-refractivity contribution in [3.63, 3.8) is 0 Å². The van der Waals surface area contributed by atoms with Crippen LogP contribution in [0.5, 0.6) is 5.75 Å². The lowest BCUT2D eigenvalue weighted by molar-refractivity contribution is 0.306. The summed E-state index contributed by atoms with van der Waals surface area (Å²) in [5, 5.41) is 11.6. The van der Waals surface area contributed by atoms with E-state index in [9.17, 15) is 0 Å². The molecule has 2 heterocycles. The number of hydrogen-bond donors (Lipinski definition) is 1. The van der Waals surface area contributed by atoms with Gasteiger partial charge in [0, 0.05) is 11.2 Å². The first-order chi connectivity index (χ1) is 13.7. The number of rotatable bonds is 7. The van der Waals surface area contributed by atoms with E-state index in [1.165, 1.54) is 6.33 Å². The van der Waals surface area contributed by atoms with Gasteiger partial charge in [0.25, 0.3) is 5.95 Å². The molecular weight excluding hydrogens is 378 g/mol. The van der Waals surface area contributed by atoms with Gasteiger partial charge in [-0.2, -0.15) is 10.1 Å². The second-order valence-corrected chi connectivity index (χ2v) is 6.35. The SMILES string of the molecule is Clc1ccc(OCc2ccc(C=Nc3n[nH]c(Cn4cncn4)n3)cc2)cc1. The summed E-state index contributed by atoms with van der Waals surface area (Å²) in [6.45, 7) is 0.941. The van der Waals surface area contributed by atoms with Gasteiger partial charge in [0.2, 0.25) is 0 Å². The number of nitrogens with zero attached hydrogens (tertiary/aromatic N) is 6. The van der Waals surface area contributed by atoms with E-state index in [0.29, 0.717) is 29.9 Å². The van der Waals surface area contributed by atoms with Gasteiger partial charge in [-0.15, -0.1) is 5.10 Å². The van der Waals surface area contributed by atoms with Crippen LogP contribution in [0.1, 0.15) is 17.0 Å². The van der Waals surface area contributed by atoms with Gasteiger partial charge in [-0.1, -0.05) is 35.9 Å². The van der Waals surface area contributed by atoms with Crippen molar-refractivity contribution < 1.29 is 4.74 Å². The van der Waals surface area contributed by atoms with E-state index in [2.05, 4.69) is 30.3 Å². The Morgan fingerprint density at radius 2 is 1.93 bits per heavy atom. The normalized spacial score (nSPS) is 11.2. The second kappa shape index (κ2) is 8.45. The largest absolute Gasteiger partial charge is 0.489 e. The van der Waals surface area contributed by atoms with Crippen LogP contribution in [-0.4, -0.2) is 36.2 Å². The summed E-state index contributed by atoms with van der Waals surface area (Å²) in [6, 6.07) is 15.2. The van der Waals surface area contributed by atoms with E-state index in [-0.39, 0.29) is 0 Å². The number of ether oxygens (including phenoxy) is 1. The third-order valence-corrected chi connectivity index (χ3v) is 4.08. The smallest absolute Gasteiger partial charge is 0.268 e. The fourth-order valence-electron chi connectivity index (χ4n) is 2.41. The molecule has 0 saturated carbocycles. The zero-order chi connectivity index (χ0) is 19.2. The first-order valence-corrected chi connectivity index (χ1v) is 8.87. The van der Waals surface area contributed by atoms with E-state index in [0.717, 1.165) is 16.9 Å².